The molecule has 0 spiro atoms. The molecule has 1 atom stereocenters. The number of hydrogen-bond acceptors (Lipinski definition) is 2. The summed E-state index contributed by atoms with van der Waals surface area (Å²) in [4.78, 5) is 0. The molecule has 1 rings (SSSR count). The highest BCUT2D eigenvalue weighted by Gasteiger charge is 2.33. The van der Waals surface area contributed by atoms with Crippen LogP contribution in [0.2, 0.25) is 0 Å². The van der Waals surface area contributed by atoms with Gasteiger partial charge in [0.25, 0.3) is 0 Å². The Labute approximate surface area is 92.2 Å². The zero-order valence-corrected chi connectivity index (χ0v) is 9.14. The van der Waals surface area contributed by atoms with Crippen LogP contribution in [0.25, 0.3) is 0 Å². The van der Waals surface area contributed by atoms with E-state index in [0.29, 0.717) is 0 Å². The van der Waals surface area contributed by atoms with Crippen LogP contribution in [-0.2, 0) is 6.18 Å². The summed E-state index contributed by atoms with van der Waals surface area (Å²) in [7, 11) is 0. The number of nitrogens with two attached hydrogens (primary N) is 1. The number of hydrogen-bond donors (Lipinski definition) is 1. The lowest BCUT2D eigenvalue weighted by Crippen LogP contribution is -2.12. The topological polar surface area (TPSA) is 35.2 Å². The molecule has 2 N–H and O–H groups in total. The normalized spacial score (nSPS) is 13.6. The second-order valence-corrected chi connectivity index (χ2v) is 3.58. The average molecular weight is 233 g/mol. The van der Waals surface area contributed by atoms with Crippen molar-refractivity contribution in [2.45, 2.75) is 32.5 Å². The standard InChI is InChI=1S/C11H14F3NO/c1-3-7(2)16-8-4-5-10(15)9(6-8)11(12,13)14/h4-7H,3,15H2,1-2H3. The first-order chi connectivity index (χ1) is 7.34. The molecule has 0 heterocycles. The van der Waals surface area contributed by atoms with Crippen molar-refractivity contribution in [3.05, 3.63) is 23.8 Å². The van der Waals surface area contributed by atoms with E-state index in [0.717, 1.165) is 12.5 Å². The Morgan fingerprint density at radius 3 is 2.50 bits per heavy atom. The Kier molecular flexibility index (Phi) is 3.67. The molecule has 0 aliphatic heterocycles. The minimum atomic E-state index is -4.45. The Hall–Kier alpha value is -1.39. The molecule has 5 heteroatoms. The Morgan fingerprint density at radius 1 is 1.38 bits per heavy atom. The molecule has 2 nitrogen and oxygen atoms in total. The Balaban J connectivity index is 2.99. The van der Waals surface area contributed by atoms with E-state index in [4.69, 9.17) is 10.5 Å². The van der Waals surface area contributed by atoms with E-state index in [9.17, 15) is 13.2 Å². The smallest absolute Gasteiger partial charge is 0.418 e. The lowest BCUT2D eigenvalue weighted by atomic mass is 10.1. The van der Waals surface area contributed by atoms with Crippen molar-refractivity contribution in [3.63, 3.8) is 0 Å². The van der Waals surface area contributed by atoms with E-state index in [1.807, 2.05) is 6.92 Å². The first-order valence-electron chi connectivity index (χ1n) is 4.98. The van der Waals surface area contributed by atoms with Gasteiger partial charge in [0.1, 0.15) is 5.75 Å². The zero-order valence-electron chi connectivity index (χ0n) is 9.14. The molecule has 1 aromatic rings. The number of benzene rings is 1. The second-order valence-electron chi connectivity index (χ2n) is 3.58. The molecule has 0 aromatic heterocycles. The first kappa shape index (κ1) is 12.7. The molecule has 0 aliphatic carbocycles. The molecule has 0 saturated heterocycles. The van der Waals surface area contributed by atoms with Crippen molar-refractivity contribution in [2.24, 2.45) is 0 Å². The summed E-state index contributed by atoms with van der Waals surface area (Å²) < 4.78 is 42.8. The number of ether oxygens (including phenoxy) is 1. The van der Waals surface area contributed by atoms with Crippen LogP contribution in [0.5, 0.6) is 5.75 Å². The van der Waals surface area contributed by atoms with Gasteiger partial charge in [0, 0.05) is 5.69 Å². The van der Waals surface area contributed by atoms with E-state index in [1.54, 1.807) is 6.92 Å². The molecule has 1 aromatic carbocycles. The van der Waals surface area contributed by atoms with E-state index >= 15 is 0 Å². The van der Waals surface area contributed by atoms with Gasteiger partial charge in [0.15, 0.2) is 0 Å². The van der Waals surface area contributed by atoms with Crippen molar-refractivity contribution in [3.8, 4) is 5.75 Å². The van der Waals surface area contributed by atoms with Gasteiger partial charge in [-0.2, -0.15) is 13.2 Å². The largest absolute Gasteiger partial charge is 0.491 e. The molecule has 0 saturated carbocycles. The predicted octanol–water partition coefficient (Wildman–Crippen LogP) is 3.46. The van der Waals surface area contributed by atoms with Crippen LogP contribution in [0, 0.1) is 0 Å². The summed E-state index contributed by atoms with van der Waals surface area (Å²) in [5, 5.41) is 0. The van der Waals surface area contributed by atoms with Crippen LogP contribution in [0.3, 0.4) is 0 Å². The van der Waals surface area contributed by atoms with Gasteiger partial charge in [-0.05, 0) is 31.5 Å². The molecular formula is C11H14F3NO. The van der Waals surface area contributed by atoms with Crippen LogP contribution in [0.1, 0.15) is 25.8 Å². The fraction of sp³-hybridized carbons (Fsp3) is 0.455. The third-order valence-electron chi connectivity index (χ3n) is 2.24. The van der Waals surface area contributed by atoms with Crippen LogP contribution < -0.4 is 10.5 Å². The summed E-state index contributed by atoms with van der Waals surface area (Å²) in [5.74, 6) is 0.191. The van der Waals surface area contributed by atoms with Crippen LogP contribution in [-0.4, -0.2) is 6.10 Å². The van der Waals surface area contributed by atoms with Crippen molar-refractivity contribution in [1.82, 2.24) is 0 Å². The highest BCUT2D eigenvalue weighted by Crippen LogP contribution is 2.35. The minimum Gasteiger partial charge on any atom is -0.491 e. The highest BCUT2D eigenvalue weighted by molar-refractivity contribution is 5.51. The Morgan fingerprint density at radius 2 is 2.00 bits per heavy atom. The number of rotatable bonds is 3. The molecule has 1 unspecified atom stereocenters. The number of alkyl halides is 3. The maximum atomic E-state index is 12.5. The van der Waals surface area contributed by atoms with Gasteiger partial charge in [0.2, 0.25) is 0 Å². The fourth-order valence-electron chi connectivity index (χ4n) is 1.17. The molecule has 16 heavy (non-hydrogen) atoms. The summed E-state index contributed by atoms with van der Waals surface area (Å²) in [6.45, 7) is 3.69. The third kappa shape index (κ3) is 3.05. The molecule has 90 valence electrons. The van der Waals surface area contributed by atoms with Crippen molar-refractivity contribution in [2.75, 3.05) is 5.73 Å². The number of halogens is 3. The average Bonchev–Trinajstić information content (AvgIpc) is 2.19. The third-order valence-corrected chi connectivity index (χ3v) is 2.24. The first-order valence-corrected chi connectivity index (χ1v) is 4.98. The van der Waals surface area contributed by atoms with Gasteiger partial charge in [-0.15, -0.1) is 0 Å². The van der Waals surface area contributed by atoms with Crippen molar-refractivity contribution < 1.29 is 17.9 Å². The van der Waals surface area contributed by atoms with E-state index in [2.05, 4.69) is 0 Å². The van der Waals surface area contributed by atoms with Crippen LogP contribution in [0.4, 0.5) is 18.9 Å². The monoisotopic (exact) mass is 233 g/mol. The summed E-state index contributed by atoms with van der Waals surface area (Å²) in [6, 6.07) is 3.58. The second kappa shape index (κ2) is 4.63. The predicted molar refractivity (Wildman–Crippen MR) is 56.2 cm³/mol. The molecule has 0 aliphatic rings. The Bertz CT molecular complexity index is 363. The summed E-state index contributed by atoms with van der Waals surface area (Å²) >= 11 is 0. The molecule has 0 amide bonds. The zero-order chi connectivity index (χ0) is 12.3. The van der Waals surface area contributed by atoms with Crippen LogP contribution in [0.15, 0.2) is 18.2 Å². The number of nitrogen functional groups attached to an aromatic ring is 1. The quantitative estimate of drug-likeness (QED) is 0.811. The maximum absolute atomic E-state index is 12.5. The SMILES string of the molecule is CCC(C)Oc1ccc(N)c(C(F)(F)F)c1. The van der Waals surface area contributed by atoms with Crippen molar-refractivity contribution >= 4 is 5.69 Å². The lowest BCUT2D eigenvalue weighted by Gasteiger charge is -2.15. The molecular weight excluding hydrogens is 219 g/mol. The molecule has 0 fully saturated rings. The van der Waals surface area contributed by atoms with Gasteiger partial charge in [-0.1, -0.05) is 6.92 Å². The summed E-state index contributed by atoms with van der Waals surface area (Å²) in [6.07, 6.45) is -3.84. The van der Waals surface area contributed by atoms with Crippen molar-refractivity contribution in [1.29, 1.82) is 0 Å². The molecule has 0 bridgehead atoms. The fourth-order valence-corrected chi connectivity index (χ4v) is 1.17. The van der Waals surface area contributed by atoms with Gasteiger partial charge in [-0.25, -0.2) is 0 Å². The summed E-state index contributed by atoms with van der Waals surface area (Å²) in [5.41, 5.74) is 4.12. The van der Waals surface area contributed by atoms with Crippen LogP contribution >= 0.6 is 0 Å². The van der Waals surface area contributed by atoms with Gasteiger partial charge < -0.3 is 10.5 Å². The minimum absolute atomic E-state index is 0.121. The van der Waals surface area contributed by atoms with E-state index < -0.39 is 11.7 Å². The maximum Gasteiger partial charge on any atom is 0.418 e. The van der Waals surface area contributed by atoms with Gasteiger partial charge in [0.05, 0.1) is 11.7 Å². The van der Waals surface area contributed by atoms with E-state index in [1.165, 1.54) is 12.1 Å². The van der Waals surface area contributed by atoms with E-state index in [-0.39, 0.29) is 17.5 Å². The van der Waals surface area contributed by atoms with Gasteiger partial charge in [-0.3, -0.25) is 0 Å². The number of anilines is 1. The van der Waals surface area contributed by atoms with Gasteiger partial charge >= 0.3 is 6.18 Å². The molecule has 0 radical (unpaired) electrons. The highest BCUT2D eigenvalue weighted by atomic mass is 19.4. The lowest BCUT2D eigenvalue weighted by molar-refractivity contribution is -0.137.